The number of nitrogens with zero attached hydrogens (tertiary/aromatic N) is 3. The van der Waals surface area contributed by atoms with Crippen LogP contribution >= 0.6 is 0 Å². The summed E-state index contributed by atoms with van der Waals surface area (Å²) in [6.45, 7) is 3.61. The molecule has 0 aliphatic carbocycles. The first-order chi connectivity index (χ1) is 7.70. The van der Waals surface area contributed by atoms with E-state index >= 15 is 0 Å². The average molecular weight is 215 g/mol. The lowest BCUT2D eigenvalue weighted by molar-refractivity contribution is -0.384. The Bertz CT molecular complexity index is 528. The second kappa shape index (κ2) is 3.98. The standard InChI is InChI=1S/C11H9N3O2/c1-2-9-7-8-13(12-9)10-3-5-11(6-4-10)14(15)16/h2-8H,1H2. The number of aromatic nitrogens is 2. The maximum Gasteiger partial charge on any atom is 0.269 e. The van der Waals surface area contributed by atoms with E-state index in [1.807, 2.05) is 6.07 Å². The minimum Gasteiger partial charge on any atom is -0.258 e. The molecule has 0 atom stereocenters. The minimum absolute atomic E-state index is 0.0693. The fourth-order valence-electron chi connectivity index (χ4n) is 1.32. The van der Waals surface area contributed by atoms with E-state index in [1.54, 1.807) is 29.1 Å². The van der Waals surface area contributed by atoms with Gasteiger partial charge < -0.3 is 0 Å². The van der Waals surface area contributed by atoms with Crippen LogP contribution in [0.1, 0.15) is 5.69 Å². The van der Waals surface area contributed by atoms with Gasteiger partial charge in [-0.25, -0.2) is 4.68 Å². The third-order valence-electron chi connectivity index (χ3n) is 2.14. The Labute approximate surface area is 91.8 Å². The van der Waals surface area contributed by atoms with Crippen molar-refractivity contribution in [3.05, 3.63) is 58.9 Å². The van der Waals surface area contributed by atoms with E-state index in [0.29, 0.717) is 0 Å². The molecule has 0 amide bonds. The molecule has 1 heterocycles. The van der Waals surface area contributed by atoms with Crippen LogP contribution in [0, 0.1) is 10.1 Å². The van der Waals surface area contributed by atoms with Crippen LogP contribution in [0.5, 0.6) is 0 Å². The van der Waals surface area contributed by atoms with Crippen molar-refractivity contribution in [1.82, 2.24) is 9.78 Å². The zero-order valence-electron chi connectivity index (χ0n) is 8.41. The average Bonchev–Trinajstić information content (AvgIpc) is 2.77. The van der Waals surface area contributed by atoms with Crippen molar-refractivity contribution in [2.75, 3.05) is 0 Å². The summed E-state index contributed by atoms with van der Waals surface area (Å²) in [7, 11) is 0. The number of hydrogen-bond donors (Lipinski definition) is 0. The summed E-state index contributed by atoms with van der Waals surface area (Å²) in [5.41, 5.74) is 1.61. The first-order valence-electron chi connectivity index (χ1n) is 4.63. The van der Waals surface area contributed by atoms with Gasteiger partial charge in [-0.05, 0) is 24.3 Å². The fraction of sp³-hybridized carbons (Fsp3) is 0. The molecule has 1 aromatic heterocycles. The molecule has 0 unspecified atom stereocenters. The Morgan fingerprint density at radius 2 is 2.00 bits per heavy atom. The molecule has 0 spiro atoms. The Morgan fingerprint density at radius 1 is 1.31 bits per heavy atom. The van der Waals surface area contributed by atoms with Gasteiger partial charge in [-0.1, -0.05) is 6.58 Å². The summed E-state index contributed by atoms with van der Waals surface area (Å²) in [4.78, 5) is 10.0. The highest BCUT2D eigenvalue weighted by atomic mass is 16.6. The summed E-state index contributed by atoms with van der Waals surface area (Å²) in [5.74, 6) is 0. The van der Waals surface area contributed by atoms with Crippen LogP contribution < -0.4 is 0 Å². The molecule has 2 aromatic rings. The van der Waals surface area contributed by atoms with E-state index in [4.69, 9.17) is 0 Å². The quantitative estimate of drug-likeness (QED) is 0.583. The number of hydrogen-bond acceptors (Lipinski definition) is 3. The van der Waals surface area contributed by atoms with Crippen molar-refractivity contribution in [1.29, 1.82) is 0 Å². The summed E-state index contributed by atoms with van der Waals surface area (Å²) in [5, 5.41) is 14.7. The molecule has 5 heteroatoms. The van der Waals surface area contributed by atoms with Crippen LogP contribution in [0.4, 0.5) is 5.69 Å². The summed E-state index contributed by atoms with van der Waals surface area (Å²) in [6.07, 6.45) is 3.42. The maximum atomic E-state index is 10.5. The zero-order chi connectivity index (χ0) is 11.5. The molecule has 1 aromatic carbocycles. The predicted octanol–water partition coefficient (Wildman–Crippen LogP) is 2.42. The van der Waals surface area contributed by atoms with Crippen molar-refractivity contribution in [2.45, 2.75) is 0 Å². The van der Waals surface area contributed by atoms with Crippen LogP contribution in [0.2, 0.25) is 0 Å². The highest BCUT2D eigenvalue weighted by Gasteiger charge is 2.05. The third-order valence-corrected chi connectivity index (χ3v) is 2.14. The van der Waals surface area contributed by atoms with Gasteiger partial charge in [0.05, 0.1) is 16.3 Å². The lowest BCUT2D eigenvalue weighted by Crippen LogP contribution is -1.95. The van der Waals surface area contributed by atoms with Crippen LogP contribution in [0.3, 0.4) is 0 Å². The lowest BCUT2D eigenvalue weighted by atomic mass is 10.3. The zero-order valence-corrected chi connectivity index (χ0v) is 8.41. The summed E-state index contributed by atoms with van der Waals surface area (Å²) in [6, 6.07) is 8.01. The van der Waals surface area contributed by atoms with E-state index in [9.17, 15) is 10.1 Å². The van der Waals surface area contributed by atoms with Crippen LogP contribution in [0.15, 0.2) is 43.1 Å². The van der Waals surface area contributed by atoms with Crippen LogP contribution in [-0.2, 0) is 0 Å². The predicted molar refractivity (Wildman–Crippen MR) is 60.3 cm³/mol. The van der Waals surface area contributed by atoms with Crippen LogP contribution in [-0.4, -0.2) is 14.7 Å². The van der Waals surface area contributed by atoms with E-state index in [0.717, 1.165) is 11.4 Å². The van der Waals surface area contributed by atoms with E-state index < -0.39 is 4.92 Å². The van der Waals surface area contributed by atoms with Crippen molar-refractivity contribution in [3.8, 4) is 5.69 Å². The molecule has 0 saturated heterocycles. The maximum absolute atomic E-state index is 10.5. The van der Waals surface area contributed by atoms with Crippen LogP contribution in [0.25, 0.3) is 11.8 Å². The Morgan fingerprint density at radius 3 is 2.50 bits per heavy atom. The largest absolute Gasteiger partial charge is 0.269 e. The molecule has 80 valence electrons. The molecule has 5 nitrogen and oxygen atoms in total. The Kier molecular flexibility index (Phi) is 2.51. The number of rotatable bonds is 3. The first-order valence-corrected chi connectivity index (χ1v) is 4.63. The van der Waals surface area contributed by atoms with Gasteiger partial charge in [0.25, 0.3) is 5.69 Å². The van der Waals surface area contributed by atoms with Crippen molar-refractivity contribution >= 4 is 11.8 Å². The molecular weight excluding hydrogens is 206 g/mol. The molecule has 0 fully saturated rings. The fourth-order valence-corrected chi connectivity index (χ4v) is 1.32. The highest BCUT2D eigenvalue weighted by Crippen LogP contribution is 2.14. The van der Waals surface area contributed by atoms with Gasteiger partial charge in [0, 0.05) is 18.3 Å². The van der Waals surface area contributed by atoms with Gasteiger partial charge in [0.2, 0.25) is 0 Å². The van der Waals surface area contributed by atoms with E-state index in [-0.39, 0.29) is 5.69 Å². The molecule has 0 aliphatic heterocycles. The normalized spacial score (nSPS) is 10.0. The van der Waals surface area contributed by atoms with Crippen molar-refractivity contribution in [3.63, 3.8) is 0 Å². The van der Waals surface area contributed by atoms with E-state index in [1.165, 1.54) is 12.1 Å². The van der Waals surface area contributed by atoms with E-state index in [2.05, 4.69) is 11.7 Å². The highest BCUT2D eigenvalue weighted by molar-refractivity contribution is 5.44. The molecule has 0 N–H and O–H groups in total. The Balaban J connectivity index is 2.34. The summed E-state index contributed by atoms with van der Waals surface area (Å²) >= 11 is 0. The van der Waals surface area contributed by atoms with Crippen molar-refractivity contribution < 1.29 is 4.92 Å². The topological polar surface area (TPSA) is 61.0 Å². The third kappa shape index (κ3) is 1.83. The molecule has 2 rings (SSSR count). The van der Waals surface area contributed by atoms with Gasteiger partial charge in [0.15, 0.2) is 0 Å². The smallest absolute Gasteiger partial charge is 0.258 e. The second-order valence-electron chi connectivity index (χ2n) is 3.16. The monoisotopic (exact) mass is 215 g/mol. The summed E-state index contributed by atoms with van der Waals surface area (Å²) < 4.78 is 1.64. The number of non-ortho nitro benzene ring substituents is 1. The molecular formula is C11H9N3O2. The number of benzene rings is 1. The SMILES string of the molecule is C=Cc1ccn(-c2ccc([N+](=O)[O-])cc2)n1. The second-order valence-corrected chi connectivity index (χ2v) is 3.16. The molecule has 16 heavy (non-hydrogen) atoms. The van der Waals surface area contributed by atoms with Gasteiger partial charge in [-0.2, -0.15) is 5.10 Å². The number of nitro groups is 1. The van der Waals surface area contributed by atoms with Gasteiger partial charge >= 0.3 is 0 Å². The van der Waals surface area contributed by atoms with Gasteiger partial charge in [-0.15, -0.1) is 0 Å². The molecule has 0 radical (unpaired) electrons. The lowest BCUT2D eigenvalue weighted by Gasteiger charge is -1.99. The molecule has 0 aliphatic rings. The van der Waals surface area contributed by atoms with Crippen molar-refractivity contribution in [2.24, 2.45) is 0 Å². The Hall–Kier alpha value is -2.43. The molecule has 0 saturated carbocycles. The number of nitro benzene ring substituents is 1. The minimum atomic E-state index is -0.429. The first kappa shape index (κ1) is 10.1. The van der Waals surface area contributed by atoms with Gasteiger partial charge in [0.1, 0.15) is 0 Å². The van der Waals surface area contributed by atoms with Gasteiger partial charge in [-0.3, -0.25) is 10.1 Å². The molecule has 0 bridgehead atoms.